The molecular weight excluding hydrogens is 1190 g/mol. The molecule has 21 heteroatoms. The van der Waals surface area contributed by atoms with E-state index in [2.05, 4.69) is 21.3 Å². The maximum Gasteiger partial charge on any atom is 0.408 e. The number of rotatable bonds is 33. The van der Waals surface area contributed by atoms with Gasteiger partial charge in [-0.1, -0.05) is 149 Å². The van der Waals surface area contributed by atoms with Gasteiger partial charge in [-0.2, -0.15) is 0 Å². The molecule has 82 heavy (non-hydrogen) atoms. The van der Waals surface area contributed by atoms with Crippen molar-refractivity contribution in [3.63, 3.8) is 0 Å². The summed E-state index contributed by atoms with van der Waals surface area (Å²) >= 11 is 1.75. The van der Waals surface area contributed by atoms with E-state index in [0.29, 0.717) is 50.7 Å². The number of ketones is 3. The summed E-state index contributed by atoms with van der Waals surface area (Å²) in [6.45, 7) is 19.8. The third kappa shape index (κ3) is 25.6. The van der Waals surface area contributed by atoms with Crippen LogP contribution in [0.5, 0.6) is 5.75 Å². The molecule has 0 spiro atoms. The minimum Gasteiger partial charge on any atom is -0.501 e. The second-order valence-corrected chi connectivity index (χ2v) is 25.8. The number of sulfone groups is 1. The highest BCUT2D eigenvalue weighted by molar-refractivity contribution is 14.1. The van der Waals surface area contributed by atoms with E-state index >= 15 is 0 Å². The molecule has 0 aromatic heterocycles. The predicted octanol–water partition coefficient (Wildman–Crippen LogP) is 9.33. The van der Waals surface area contributed by atoms with Gasteiger partial charge in [0.15, 0.2) is 27.2 Å². The number of nitrogens with zero attached hydrogens (tertiary/aromatic N) is 1. The van der Waals surface area contributed by atoms with Crippen LogP contribution in [0.4, 0.5) is 10.5 Å². The van der Waals surface area contributed by atoms with Crippen LogP contribution in [0.25, 0.3) is 0 Å². The van der Waals surface area contributed by atoms with E-state index in [1.165, 1.54) is 12.1 Å². The van der Waals surface area contributed by atoms with Crippen molar-refractivity contribution in [2.45, 2.75) is 164 Å². The summed E-state index contributed by atoms with van der Waals surface area (Å²) in [6, 6.07) is 18.5. The second kappa shape index (κ2) is 34.5. The van der Waals surface area contributed by atoms with Crippen LogP contribution in [-0.4, -0.2) is 103 Å². The van der Waals surface area contributed by atoms with E-state index in [1.54, 1.807) is 22.6 Å². The molecule has 3 aromatic carbocycles. The van der Waals surface area contributed by atoms with Crippen molar-refractivity contribution in [1.82, 2.24) is 21.3 Å². The number of carbonyl (C=O) groups is 7. The summed E-state index contributed by atoms with van der Waals surface area (Å²) in [5.41, 5.74) is 1.57. The van der Waals surface area contributed by atoms with Gasteiger partial charge >= 0.3 is 11.8 Å². The first kappa shape index (κ1) is 70.2. The summed E-state index contributed by atoms with van der Waals surface area (Å²) in [6.07, 6.45) is 3.89. The van der Waals surface area contributed by atoms with Crippen LogP contribution in [0.1, 0.15) is 131 Å². The highest BCUT2D eigenvalue weighted by atomic mass is 127. The van der Waals surface area contributed by atoms with Gasteiger partial charge in [-0.3, -0.25) is 38.9 Å². The maximum atomic E-state index is 13.6. The molecule has 0 bridgehead atoms. The number of amides is 4. The minimum absolute atomic E-state index is 0.0453. The van der Waals surface area contributed by atoms with Gasteiger partial charge in [-0.15, -0.1) is 0 Å². The second-order valence-electron chi connectivity index (χ2n) is 22.7. The Balaban J connectivity index is 0.000000430. The molecule has 5 N–H and O–H groups in total. The zero-order chi connectivity index (χ0) is 61.4. The average Bonchev–Trinajstić information content (AvgIpc) is 4.30. The van der Waals surface area contributed by atoms with Gasteiger partial charge in [0.25, 0.3) is 0 Å². The first-order chi connectivity index (χ1) is 38.5. The van der Waals surface area contributed by atoms with E-state index in [0.717, 1.165) is 28.9 Å². The Hall–Kier alpha value is -6.07. The lowest BCUT2D eigenvalue weighted by Crippen LogP contribution is -2.50. The molecule has 1 aliphatic heterocycles. The number of hydrogen-bond acceptors (Lipinski definition) is 14. The van der Waals surface area contributed by atoms with E-state index in [9.17, 15) is 57.2 Å². The van der Waals surface area contributed by atoms with E-state index in [1.807, 2.05) is 130 Å². The van der Waals surface area contributed by atoms with Crippen LogP contribution >= 0.6 is 22.6 Å². The molecule has 0 radical (unpaired) electrons. The molecule has 9 atom stereocenters. The molecular formula is C61H86IN5O14S. The van der Waals surface area contributed by atoms with E-state index < -0.39 is 80.3 Å². The topological polar surface area (TPSA) is 287 Å². The number of carbonyl (C=O) groups excluding carboxylic acids is 7. The third-order valence-corrected chi connectivity index (χ3v) is 15.5. The number of benzene rings is 3. The summed E-state index contributed by atoms with van der Waals surface area (Å²) in [4.78, 5) is 103. The number of hydrogen-bond donors (Lipinski definition) is 5. The lowest BCUT2D eigenvalue weighted by atomic mass is 9.82. The first-order valence-electron chi connectivity index (χ1n) is 28.2. The zero-order valence-corrected chi connectivity index (χ0v) is 52.3. The number of epoxide rings is 1. The van der Waals surface area contributed by atoms with Gasteiger partial charge < -0.3 is 35.8 Å². The number of alkyl carbamates (subject to hydrolysis) is 1. The fourth-order valence-electron chi connectivity index (χ4n) is 9.16. The molecule has 4 amide bonds. The van der Waals surface area contributed by atoms with Crippen molar-refractivity contribution >= 4 is 79.3 Å². The van der Waals surface area contributed by atoms with Crippen LogP contribution < -0.4 is 21.3 Å². The Bertz CT molecular complexity index is 2750. The molecule has 2 unspecified atom stereocenters. The number of ether oxygens (including phenoxy) is 2. The minimum atomic E-state index is -3.39. The normalized spacial score (nSPS) is 16.1. The number of aromatic hydroxyl groups is 1. The molecule has 1 heterocycles. The molecule has 1 saturated heterocycles. The van der Waals surface area contributed by atoms with Crippen molar-refractivity contribution in [2.24, 2.45) is 41.4 Å². The van der Waals surface area contributed by atoms with Gasteiger partial charge in [0.1, 0.15) is 12.7 Å². The van der Waals surface area contributed by atoms with E-state index in [4.69, 9.17) is 9.47 Å². The van der Waals surface area contributed by atoms with Crippen LogP contribution in [0.15, 0.2) is 84.3 Å². The molecule has 3 aromatic rings. The lowest BCUT2D eigenvalue weighted by Gasteiger charge is -2.28. The highest BCUT2D eigenvalue weighted by Gasteiger charge is 2.40. The Labute approximate surface area is 497 Å². The zero-order valence-electron chi connectivity index (χ0n) is 49.3. The number of phenolic OH excluding ortho intramolecular Hbond substituents is 1. The SMILES string of the molecule is CC(C)C[C@H](CC(=O)[C@H](CC(C)C)NC(=O)Cc1cc(I)c(O)c([N+](=O)[O-])c1)C(=O)N[C@H](/C=C/S(C)(=O)=O)CC(C)C.CCC(C)[C@H](CC(=O)[C@@H](NC(=O)OCc1ccccc1)C(C)CC)C(=O)N[C@@H](Cc1ccccc1)C(=O)[C@H]1CO1. The van der Waals surface area contributed by atoms with Crippen LogP contribution in [0.3, 0.4) is 0 Å². The smallest absolute Gasteiger partial charge is 0.408 e. The molecule has 1 aliphatic rings. The van der Waals surface area contributed by atoms with Crippen LogP contribution in [-0.2, 0) is 67.5 Å². The number of phenols is 1. The van der Waals surface area contributed by atoms with Gasteiger partial charge in [0, 0.05) is 48.4 Å². The van der Waals surface area contributed by atoms with Crippen LogP contribution in [0.2, 0.25) is 0 Å². The van der Waals surface area contributed by atoms with Crippen molar-refractivity contribution in [3.8, 4) is 5.75 Å². The monoisotopic (exact) mass is 1270 g/mol. The number of nitro groups is 1. The quantitative estimate of drug-likeness (QED) is 0.0164. The maximum absolute atomic E-state index is 13.6. The average molecular weight is 1270 g/mol. The number of nitrogens with one attached hydrogen (secondary N) is 4. The molecule has 1 fully saturated rings. The summed E-state index contributed by atoms with van der Waals surface area (Å²) in [5.74, 6) is -3.70. The Morgan fingerprint density at radius 1 is 0.744 bits per heavy atom. The number of Topliss-reactive ketones (excluding diaryl/α,β-unsaturated/α-hetero) is 3. The molecule has 0 aliphatic carbocycles. The van der Waals surface area contributed by atoms with Gasteiger partial charge in [-0.05, 0) is 101 Å². The van der Waals surface area contributed by atoms with Crippen molar-refractivity contribution < 1.29 is 61.5 Å². The Kier molecular flexibility index (Phi) is 29.5. The van der Waals surface area contributed by atoms with Crippen molar-refractivity contribution in [3.05, 3.63) is 115 Å². The largest absolute Gasteiger partial charge is 0.501 e. The van der Waals surface area contributed by atoms with Gasteiger partial charge in [-0.25, -0.2) is 13.2 Å². The molecule has 452 valence electrons. The van der Waals surface area contributed by atoms with Gasteiger partial charge in [0.05, 0.1) is 39.6 Å². The molecule has 0 saturated carbocycles. The standard InChI is InChI=1S/C32H42N2O6.C29H44IN3O8S/c1-5-21(3)25(31(37)33-26(30(36)28-20-39-28)17-23-13-9-7-10-14-23)18-27(35)29(22(4)6-2)34-32(38)40-19-24-15-11-8-12-16-24;1-17(2)10-21(29(37)31-22(11-18(3)4)8-9-42(7,40)41)16-26(34)24(12-19(5)6)32-27(35)15-20-13-23(30)28(36)25(14-20)33(38)39/h7-16,21-22,25-26,28-29H,5-6,17-20H2,1-4H3,(H,33,37)(H,34,38);8-9,13-14,17-19,21-22,24,36H,10-12,15-16H2,1-7H3,(H,31,37)(H,32,35)/b;9-8+/t21?,22?,25-,26-,28+,29-;21-,22-,24+/m01/s1. The van der Waals surface area contributed by atoms with Crippen molar-refractivity contribution in [1.29, 1.82) is 0 Å². The number of nitro benzene ring substituents is 1. The highest BCUT2D eigenvalue weighted by Crippen LogP contribution is 2.33. The lowest BCUT2D eigenvalue weighted by molar-refractivity contribution is -0.386. The fraction of sp³-hybridized carbons (Fsp3) is 0.557. The Morgan fingerprint density at radius 3 is 1.84 bits per heavy atom. The summed E-state index contributed by atoms with van der Waals surface area (Å²) in [7, 11) is -3.39. The fourth-order valence-corrected chi connectivity index (χ4v) is 10.3. The Morgan fingerprint density at radius 2 is 1.32 bits per heavy atom. The molecule has 4 rings (SSSR count). The molecule has 19 nitrogen and oxygen atoms in total. The third-order valence-electron chi connectivity index (χ3n) is 14.0. The number of halogens is 1. The summed E-state index contributed by atoms with van der Waals surface area (Å²) in [5, 5.41) is 33.6. The van der Waals surface area contributed by atoms with Gasteiger partial charge in [0.2, 0.25) is 23.5 Å². The van der Waals surface area contributed by atoms with Crippen molar-refractivity contribution in [2.75, 3.05) is 12.9 Å². The predicted molar refractivity (Wildman–Crippen MR) is 323 cm³/mol. The first-order valence-corrected chi connectivity index (χ1v) is 31.2. The summed E-state index contributed by atoms with van der Waals surface area (Å²) < 4.78 is 34.1. The van der Waals surface area contributed by atoms with Crippen LogP contribution in [0, 0.1) is 55.1 Å². The van der Waals surface area contributed by atoms with E-state index in [-0.39, 0.29) is 88.2 Å².